The number of rotatable bonds is 15. The van der Waals surface area contributed by atoms with E-state index in [2.05, 4.69) is 72.2 Å². The Hall–Kier alpha value is -2.48. The smallest absolute Gasteiger partial charge is 0.0568 e. The summed E-state index contributed by atoms with van der Waals surface area (Å²) in [5, 5.41) is 8.52. The van der Waals surface area contributed by atoms with E-state index in [4.69, 9.17) is 0 Å². The molecule has 1 aliphatic carbocycles. The molecule has 0 saturated heterocycles. The van der Waals surface area contributed by atoms with Gasteiger partial charge in [-0.1, -0.05) is 100 Å². The van der Waals surface area contributed by atoms with Crippen molar-refractivity contribution in [3.05, 3.63) is 83.4 Å². The molecule has 3 rings (SSSR count). The number of aryl methyl sites for hydroxylation is 1. The molecular weight excluding hydrogens is 424 g/mol. The highest BCUT2D eigenvalue weighted by Gasteiger charge is 2.21. The van der Waals surface area contributed by atoms with Crippen LogP contribution in [0.2, 0.25) is 0 Å². The van der Waals surface area contributed by atoms with E-state index in [1.165, 1.54) is 88.2 Å². The monoisotopic (exact) mass is 470 g/mol. The summed E-state index contributed by atoms with van der Waals surface area (Å²) in [6, 6.07) is 17.7. The zero-order valence-corrected chi connectivity index (χ0v) is 22.0. The molecule has 0 heterocycles. The molecule has 2 heteroatoms. The molecule has 0 unspecified atom stereocenters. The SMILES string of the molecule is C=CCCCCCc1ccc(/C=N/N=C/c2ccc(C3CCC(CCCCCC)CC3)cc2)cc1. The molecular formula is C33H46N2. The Balaban J connectivity index is 1.37. The Kier molecular flexibility index (Phi) is 12.6. The summed E-state index contributed by atoms with van der Waals surface area (Å²) < 4.78 is 0. The standard InChI is InChI=1S/C33H46N2/c1-3-5-7-9-11-13-28-14-16-30(17-15-28)26-34-35-27-31-20-24-33(25-21-31)32-22-18-29(19-23-32)12-10-8-6-4-2/h3,14-17,20-21,24-27,29,32H,1,4-13,18-19,22-23H2,2H3/b34-26+,35-27+. The largest absolute Gasteiger partial charge is 0.159 e. The van der Waals surface area contributed by atoms with Gasteiger partial charge in [0, 0.05) is 0 Å². The van der Waals surface area contributed by atoms with Crippen molar-refractivity contribution >= 4 is 12.4 Å². The van der Waals surface area contributed by atoms with Crippen LogP contribution in [0, 0.1) is 5.92 Å². The predicted octanol–water partition coefficient (Wildman–Crippen LogP) is 9.67. The van der Waals surface area contributed by atoms with Crippen LogP contribution in [0.4, 0.5) is 0 Å². The van der Waals surface area contributed by atoms with Crippen molar-refractivity contribution in [1.82, 2.24) is 0 Å². The molecule has 0 radical (unpaired) electrons. The number of nitrogens with zero attached hydrogens (tertiary/aromatic N) is 2. The highest BCUT2D eigenvalue weighted by molar-refractivity contribution is 5.82. The van der Waals surface area contributed by atoms with Crippen LogP contribution in [0.25, 0.3) is 0 Å². The van der Waals surface area contributed by atoms with Crippen LogP contribution < -0.4 is 0 Å². The number of allylic oxidation sites excluding steroid dienone is 1. The fourth-order valence-corrected chi connectivity index (χ4v) is 5.26. The zero-order chi connectivity index (χ0) is 24.6. The van der Waals surface area contributed by atoms with Gasteiger partial charge in [0.2, 0.25) is 0 Å². The van der Waals surface area contributed by atoms with E-state index in [0.717, 1.165) is 35.8 Å². The van der Waals surface area contributed by atoms with Gasteiger partial charge in [-0.25, -0.2) is 0 Å². The predicted molar refractivity (Wildman–Crippen MR) is 154 cm³/mol. The molecule has 0 N–H and O–H groups in total. The zero-order valence-electron chi connectivity index (χ0n) is 22.0. The third-order valence-corrected chi connectivity index (χ3v) is 7.55. The molecule has 0 aliphatic heterocycles. The minimum Gasteiger partial charge on any atom is -0.159 e. The molecule has 0 bridgehead atoms. The van der Waals surface area contributed by atoms with E-state index in [0.29, 0.717) is 0 Å². The van der Waals surface area contributed by atoms with Crippen molar-refractivity contribution in [1.29, 1.82) is 0 Å². The van der Waals surface area contributed by atoms with Gasteiger partial charge in [0.25, 0.3) is 0 Å². The van der Waals surface area contributed by atoms with Gasteiger partial charge in [0.1, 0.15) is 0 Å². The van der Waals surface area contributed by atoms with E-state index in [9.17, 15) is 0 Å². The van der Waals surface area contributed by atoms with Crippen molar-refractivity contribution in [3.8, 4) is 0 Å². The second-order valence-electron chi connectivity index (χ2n) is 10.4. The highest BCUT2D eigenvalue weighted by atomic mass is 15.2. The van der Waals surface area contributed by atoms with Crippen LogP contribution >= 0.6 is 0 Å². The molecule has 0 amide bonds. The summed E-state index contributed by atoms with van der Waals surface area (Å²) in [7, 11) is 0. The highest BCUT2D eigenvalue weighted by Crippen LogP contribution is 2.37. The van der Waals surface area contributed by atoms with Gasteiger partial charge in [-0.05, 0) is 85.5 Å². The maximum atomic E-state index is 4.27. The quantitative estimate of drug-likeness (QED) is 0.107. The van der Waals surface area contributed by atoms with Crippen LogP contribution in [-0.2, 0) is 6.42 Å². The van der Waals surface area contributed by atoms with Crippen molar-refractivity contribution in [2.24, 2.45) is 16.1 Å². The Labute approximate surface area is 214 Å². The molecule has 35 heavy (non-hydrogen) atoms. The maximum absolute atomic E-state index is 4.27. The van der Waals surface area contributed by atoms with E-state index in [1.807, 2.05) is 18.5 Å². The summed E-state index contributed by atoms with van der Waals surface area (Å²) in [6.07, 6.45) is 24.3. The van der Waals surface area contributed by atoms with Crippen LogP contribution in [0.3, 0.4) is 0 Å². The summed E-state index contributed by atoms with van der Waals surface area (Å²) in [5.41, 5.74) is 5.09. The van der Waals surface area contributed by atoms with Gasteiger partial charge in [0.15, 0.2) is 0 Å². The first kappa shape index (κ1) is 27.1. The molecule has 0 aromatic heterocycles. The van der Waals surface area contributed by atoms with Gasteiger partial charge in [0.05, 0.1) is 12.4 Å². The molecule has 0 spiro atoms. The lowest BCUT2D eigenvalue weighted by Gasteiger charge is -2.29. The number of unbranched alkanes of at least 4 members (excludes halogenated alkanes) is 6. The Morgan fingerprint density at radius 1 is 0.743 bits per heavy atom. The van der Waals surface area contributed by atoms with Gasteiger partial charge < -0.3 is 0 Å². The number of hydrogen-bond acceptors (Lipinski definition) is 2. The van der Waals surface area contributed by atoms with Gasteiger partial charge in [-0.3, -0.25) is 0 Å². The molecule has 188 valence electrons. The van der Waals surface area contributed by atoms with E-state index < -0.39 is 0 Å². The Morgan fingerprint density at radius 2 is 1.37 bits per heavy atom. The first-order valence-electron chi connectivity index (χ1n) is 14.1. The minimum absolute atomic E-state index is 0.737. The van der Waals surface area contributed by atoms with Crippen LogP contribution in [0.5, 0.6) is 0 Å². The topological polar surface area (TPSA) is 24.7 Å². The Morgan fingerprint density at radius 3 is 2.00 bits per heavy atom. The summed E-state index contributed by atoms with van der Waals surface area (Å²) >= 11 is 0. The van der Waals surface area contributed by atoms with Crippen LogP contribution in [0.15, 0.2) is 71.4 Å². The molecule has 2 aromatic carbocycles. The lowest BCUT2D eigenvalue weighted by Crippen LogP contribution is -2.13. The first-order valence-corrected chi connectivity index (χ1v) is 14.1. The lowest BCUT2D eigenvalue weighted by atomic mass is 9.77. The van der Waals surface area contributed by atoms with Gasteiger partial charge >= 0.3 is 0 Å². The van der Waals surface area contributed by atoms with Crippen molar-refractivity contribution in [2.75, 3.05) is 0 Å². The first-order chi connectivity index (χ1) is 17.3. The normalized spacial score (nSPS) is 18.4. The Bertz CT molecular complexity index is 884. The molecule has 1 aliphatic rings. The molecule has 2 nitrogen and oxygen atoms in total. The second kappa shape index (κ2) is 16.2. The second-order valence-corrected chi connectivity index (χ2v) is 10.4. The van der Waals surface area contributed by atoms with Gasteiger partial charge in [-0.2, -0.15) is 10.2 Å². The average molecular weight is 471 g/mol. The maximum Gasteiger partial charge on any atom is 0.0568 e. The number of benzene rings is 2. The molecule has 0 atom stereocenters. The molecule has 1 fully saturated rings. The van der Waals surface area contributed by atoms with Crippen LogP contribution in [-0.4, -0.2) is 12.4 Å². The average Bonchev–Trinajstić information content (AvgIpc) is 2.90. The third-order valence-electron chi connectivity index (χ3n) is 7.55. The van der Waals surface area contributed by atoms with Crippen LogP contribution in [0.1, 0.15) is 119 Å². The van der Waals surface area contributed by atoms with E-state index in [-0.39, 0.29) is 0 Å². The van der Waals surface area contributed by atoms with E-state index in [1.54, 1.807) is 0 Å². The van der Waals surface area contributed by atoms with E-state index >= 15 is 0 Å². The van der Waals surface area contributed by atoms with Crippen molar-refractivity contribution in [3.63, 3.8) is 0 Å². The van der Waals surface area contributed by atoms with Gasteiger partial charge in [-0.15, -0.1) is 6.58 Å². The summed E-state index contributed by atoms with van der Waals surface area (Å²) in [5.74, 6) is 1.71. The van der Waals surface area contributed by atoms with Crippen molar-refractivity contribution < 1.29 is 0 Å². The number of hydrogen-bond donors (Lipinski definition) is 0. The fraction of sp³-hybridized carbons (Fsp3) is 0.515. The summed E-state index contributed by atoms with van der Waals surface area (Å²) in [4.78, 5) is 0. The third kappa shape index (κ3) is 10.3. The lowest BCUT2D eigenvalue weighted by molar-refractivity contribution is 0.302. The molecule has 1 saturated carbocycles. The molecule has 2 aromatic rings. The van der Waals surface area contributed by atoms with Crippen molar-refractivity contribution in [2.45, 2.75) is 103 Å². The minimum atomic E-state index is 0.737. The fourth-order valence-electron chi connectivity index (χ4n) is 5.26. The summed E-state index contributed by atoms with van der Waals surface area (Å²) in [6.45, 7) is 6.08.